The van der Waals surface area contributed by atoms with E-state index < -0.39 is 29.7 Å². The first kappa shape index (κ1) is 27.8. The maximum Gasteiger partial charge on any atom is 0.306 e. The zero-order chi connectivity index (χ0) is 26.5. The van der Waals surface area contributed by atoms with E-state index in [1.165, 1.54) is 0 Å². The molecule has 1 aliphatic rings. The lowest BCUT2D eigenvalue weighted by Gasteiger charge is -2.22. The van der Waals surface area contributed by atoms with Gasteiger partial charge in [0.25, 0.3) is 5.91 Å². The summed E-state index contributed by atoms with van der Waals surface area (Å²) in [4.78, 5) is 50.6. The van der Waals surface area contributed by atoms with Crippen molar-refractivity contribution in [2.45, 2.75) is 31.7 Å². The predicted molar refractivity (Wildman–Crippen MR) is 137 cm³/mol. The van der Waals surface area contributed by atoms with Crippen molar-refractivity contribution in [1.29, 1.82) is 0 Å². The predicted octanol–water partition coefficient (Wildman–Crippen LogP) is 1.68. The average Bonchev–Trinajstić information content (AvgIpc) is 2.89. The van der Waals surface area contributed by atoms with Crippen LogP contribution in [0, 0.1) is 5.92 Å². The van der Waals surface area contributed by atoms with Crippen molar-refractivity contribution in [3.63, 3.8) is 0 Å². The van der Waals surface area contributed by atoms with Crippen LogP contribution in [0.15, 0.2) is 54.6 Å². The van der Waals surface area contributed by atoms with Gasteiger partial charge in [0, 0.05) is 25.1 Å². The second-order valence-corrected chi connectivity index (χ2v) is 8.63. The van der Waals surface area contributed by atoms with Gasteiger partial charge in [-0.3, -0.25) is 19.2 Å². The van der Waals surface area contributed by atoms with Crippen LogP contribution in [0.25, 0.3) is 10.8 Å². The Morgan fingerprint density at radius 1 is 1.08 bits per heavy atom. The van der Waals surface area contributed by atoms with E-state index in [2.05, 4.69) is 16.0 Å². The molecule has 10 heteroatoms. The van der Waals surface area contributed by atoms with Crippen LogP contribution in [0.1, 0.15) is 25.7 Å². The van der Waals surface area contributed by atoms with Crippen LogP contribution >= 0.6 is 0 Å². The smallest absolute Gasteiger partial charge is 0.306 e. The number of amides is 3. The van der Waals surface area contributed by atoms with Gasteiger partial charge >= 0.3 is 5.97 Å². The number of aliphatic hydroxyl groups excluding tert-OH is 1. The summed E-state index contributed by atoms with van der Waals surface area (Å²) in [5.74, 6) is -2.56. The van der Waals surface area contributed by atoms with Crippen molar-refractivity contribution in [3.05, 3.63) is 54.6 Å². The van der Waals surface area contributed by atoms with Gasteiger partial charge < -0.3 is 30.5 Å². The third kappa shape index (κ3) is 9.32. The quantitative estimate of drug-likeness (QED) is 0.228. The number of benzene rings is 2. The van der Waals surface area contributed by atoms with Crippen molar-refractivity contribution in [3.8, 4) is 0 Å². The fourth-order valence-corrected chi connectivity index (χ4v) is 3.81. The largest absolute Gasteiger partial charge is 0.463 e. The van der Waals surface area contributed by atoms with Crippen molar-refractivity contribution < 1.29 is 33.8 Å². The van der Waals surface area contributed by atoms with Crippen LogP contribution < -0.4 is 16.0 Å². The molecule has 0 fully saturated rings. The van der Waals surface area contributed by atoms with E-state index in [1.54, 1.807) is 18.2 Å². The minimum absolute atomic E-state index is 0.0883. The van der Waals surface area contributed by atoms with Gasteiger partial charge in [-0.1, -0.05) is 42.5 Å². The number of anilines is 1. The molecule has 0 unspecified atom stereocenters. The average molecular weight is 512 g/mol. The highest BCUT2D eigenvalue weighted by Gasteiger charge is 2.28. The van der Waals surface area contributed by atoms with Gasteiger partial charge in [-0.05, 0) is 35.7 Å². The number of cyclic esters (lactones) is 1. The number of allylic oxidation sites excluding steroid dienone is 2. The van der Waals surface area contributed by atoms with E-state index in [0.29, 0.717) is 12.1 Å². The summed E-state index contributed by atoms with van der Waals surface area (Å²) in [6, 6.07) is 12.0. The normalized spacial score (nSPS) is 18.7. The molecule has 0 bridgehead atoms. The van der Waals surface area contributed by atoms with Gasteiger partial charge in [0.15, 0.2) is 0 Å². The SMILES string of the molecule is O=C(C[C@H]1CC=CCCC(=O)OC[C@@H](C(=O)Nc2ccc3ccccc3c2)NC1=O)NCCOCCO. The number of rotatable bonds is 9. The van der Waals surface area contributed by atoms with Crippen LogP contribution in [0.5, 0.6) is 0 Å². The Hall–Kier alpha value is -3.76. The molecular formula is C27H33N3O7. The van der Waals surface area contributed by atoms with Crippen molar-refractivity contribution in [1.82, 2.24) is 10.6 Å². The summed E-state index contributed by atoms with van der Waals surface area (Å²) in [5.41, 5.74) is 0.540. The Morgan fingerprint density at radius 3 is 2.70 bits per heavy atom. The van der Waals surface area contributed by atoms with Crippen molar-refractivity contribution >= 4 is 40.2 Å². The lowest BCUT2D eigenvalue weighted by Crippen LogP contribution is -2.49. The summed E-state index contributed by atoms with van der Waals surface area (Å²) in [6.07, 6.45) is 4.27. The molecule has 1 aliphatic heterocycles. The molecule has 2 atom stereocenters. The number of esters is 1. The fourth-order valence-electron chi connectivity index (χ4n) is 3.81. The molecule has 3 amide bonds. The summed E-state index contributed by atoms with van der Waals surface area (Å²) < 4.78 is 10.4. The third-order valence-corrected chi connectivity index (χ3v) is 5.77. The Labute approximate surface area is 215 Å². The van der Waals surface area contributed by atoms with Gasteiger partial charge in [0.1, 0.15) is 12.6 Å². The number of ether oxygens (including phenoxy) is 2. The Kier molecular flexibility index (Phi) is 11.1. The van der Waals surface area contributed by atoms with Crippen molar-refractivity contribution in [2.75, 3.05) is 38.3 Å². The molecule has 0 aliphatic carbocycles. The number of nitrogens with one attached hydrogen (secondary N) is 3. The molecular weight excluding hydrogens is 478 g/mol. The zero-order valence-electron chi connectivity index (χ0n) is 20.6. The second kappa shape index (κ2) is 14.7. The van der Waals surface area contributed by atoms with Crippen LogP contribution in [0.2, 0.25) is 0 Å². The summed E-state index contributed by atoms with van der Waals surface area (Å²) in [5, 5.41) is 18.8. The van der Waals surface area contributed by atoms with E-state index >= 15 is 0 Å². The molecule has 10 nitrogen and oxygen atoms in total. The minimum Gasteiger partial charge on any atom is -0.463 e. The molecule has 0 saturated heterocycles. The third-order valence-electron chi connectivity index (χ3n) is 5.77. The summed E-state index contributed by atoms with van der Waals surface area (Å²) in [7, 11) is 0. The first-order chi connectivity index (χ1) is 18.0. The molecule has 0 saturated carbocycles. The Bertz CT molecular complexity index is 1120. The van der Waals surface area contributed by atoms with E-state index in [4.69, 9.17) is 14.6 Å². The van der Waals surface area contributed by atoms with Gasteiger partial charge in [-0.2, -0.15) is 0 Å². The fraction of sp³-hybridized carbons (Fsp3) is 0.407. The van der Waals surface area contributed by atoms with Crippen LogP contribution in [-0.4, -0.2) is 67.8 Å². The van der Waals surface area contributed by atoms with Gasteiger partial charge in [-0.25, -0.2) is 0 Å². The Balaban J connectivity index is 1.67. The number of carbonyl (C=O) groups is 4. The first-order valence-corrected chi connectivity index (χ1v) is 12.3. The van der Waals surface area contributed by atoms with E-state index in [9.17, 15) is 19.2 Å². The molecule has 1 heterocycles. The van der Waals surface area contributed by atoms with Crippen LogP contribution in [0.3, 0.4) is 0 Å². The van der Waals surface area contributed by atoms with E-state index in [-0.39, 0.29) is 58.1 Å². The zero-order valence-corrected chi connectivity index (χ0v) is 20.6. The van der Waals surface area contributed by atoms with Gasteiger partial charge in [-0.15, -0.1) is 0 Å². The highest BCUT2D eigenvalue weighted by Crippen LogP contribution is 2.19. The summed E-state index contributed by atoms with van der Waals surface area (Å²) in [6.45, 7) is 0.238. The van der Waals surface area contributed by atoms with E-state index in [0.717, 1.165) is 10.8 Å². The lowest BCUT2D eigenvalue weighted by molar-refractivity contribution is -0.146. The maximum atomic E-state index is 13.1. The monoisotopic (exact) mass is 511 g/mol. The van der Waals surface area contributed by atoms with Crippen LogP contribution in [0.4, 0.5) is 5.69 Å². The van der Waals surface area contributed by atoms with E-state index in [1.807, 2.05) is 36.4 Å². The molecule has 2 aromatic rings. The van der Waals surface area contributed by atoms with Gasteiger partial charge in [0.05, 0.1) is 25.7 Å². The standard InChI is InChI=1S/C27H33N3O7/c31-13-15-36-14-12-28-24(32)17-21-8-2-1-3-9-25(33)37-18-23(30-26(21)34)27(35)29-22-11-10-19-6-4-5-7-20(19)16-22/h1-2,4-7,10-11,16,21,23,31H,3,8-9,12-15,17-18H2,(H,28,32)(H,29,35)(H,30,34)/t21-,23+/m1/s1. The molecule has 3 rings (SSSR count). The topological polar surface area (TPSA) is 143 Å². The number of hydrogen-bond acceptors (Lipinski definition) is 7. The van der Waals surface area contributed by atoms with Crippen LogP contribution in [-0.2, 0) is 28.7 Å². The molecule has 198 valence electrons. The lowest BCUT2D eigenvalue weighted by atomic mass is 9.98. The molecule has 2 aromatic carbocycles. The van der Waals surface area contributed by atoms with Gasteiger partial charge in [0.2, 0.25) is 11.8 Å². The molecule has 0 radical (unpaired) electrons. The summed E-state index contributed by atoms with van der Waals surface area (Å²) >= 11 is 0. The first-order valence-electron chi connectivity index (χ1n) is 12.3. The number of carbonyl (C=O) groups excluding carboxylic acids is 4. The van der Waals surface area contributed by atoms with Crippen molar-refractivity contribution in [2.24, 2.45) is 5.92 Å². The number of hydrogen-bond donors (Lipinski definition) is 4. The molecule has 37 heavy (non-hydrogen) atoms. The molecule has 0 aromatic heterocycles. The highest BCUT2D eigenvalue weighted by atomic mass is 16.5. The maximum absolute atomic E-state index is 13.1. The molecule has 4 N–H and O–H groups in total. The second-order valence-electron chi connectivity index (χ2n) is 8.63. The molecule has 0 spiro atoms. The minimum atomic E-state index is -1.14. The number of fused-ring (bicyclic) bond motifs is 1. The number of aliphatic hydroxyl groups is 1. The Morgan fingerprint density at radius 2 is 1.89 bits per heavy atom. The highest BCUT2D eigenvalue weighted by molar-refractivity contribution is 5.99.